The molecule has 0 aliphatic heterocycles. The molecule has 0 saturated heterocycles. The zero-order chi connectivity index (χ0) is 16.7. The molecule has 6 heteroatoms. The Bertz CT molecular complexity index is 792. The lowest BCUT2D eigenvalue weighted by molar-refractivity contribution is 0.171. The summed E-state index contributed by atoms with van der Waals surface area (Å²) in [7, 11) is -1.98. The van der Waals surface area contributed by atoms with Crippen LogP contribution in [0.4, 0.5) is 0 Å². The van der Waals surface area contributed by atoms with Gasteiger partial charge in [-0.05, 0) is 29.8 Å². The second-order valence-corrected chi connectivity index (χ2v) is 8.84. The van der Waals surface area contributed by atoms with Crippen molar-refractivity contribution in [2.75, 3.05) is 13.7 Å². The highest BCUT2D eigenvalue weighted by atomic mass is 79.9. The number of benzene rings is 2. The van der Waals surface area contributed by atoms with Crippen molar-refractivity contribution in [2.24, 2.45) is 5.73 Å². The minimum absolute atomic E-state index is 0.199. The van der Waals surface area contributed by atoms with Crippen molar-refractivity contribution in [1.82, 2.24) is 0 Å². The maximum absolute atomic E-state index is 13.0. The number of halogens is 1. The minimum Gasteiger partial charge on any atom is -0.383 e. The molecule has 3 rings (SSSR count). The van der Waals surface area contributed by atoms with E-state index in [0.29, 0.717) is 4.90 Å². The van der Waals surface area contributed by atoms with Gasteiger partial charge < -0.3 is 10.5 Å². The third-order valence-electron chi connectivity index (χ3n) is 4.33. The van der Waals surface area contributed by atoms with Gasteiger partial charge >= 0.3 is 0 Å². The molecule has 1 aliphatic rings. The van der Waals surface area contributed by atoms with Crippen LogP contribution in [0.5, 0.6) is 0 Å². The van der Waals surface area contributed by atoms with E-state index in [1.807, 2.05) is 24.3 Å². The molecule has 4 nitrogen and oxygen atoms in total. The first-order chi connectivity index (χ1) is 10.9. The number of ether oxygens (including phenoxy) is 1. The average molecular weight is 396 g/mol. The van der Waals surface area contributed by atoms with Crippen molar-refractivity contribution in [3.8, 4) is 0 Å². The fourth-order valence-corrected chi connectivity index (χ4v) is 5.80. The van der Waals surface area contributed by atoms with Crippen molar-refractivity contribution < 1.29 is 13.2 Å². The molecule has 23 heavy (non-hydrogen) atoms. The van der Waals surface area contributed by atoms with Crippen LogP contribution in [0.1, 0.15) is 11.5 Å². The largest absolute Gasteiger partial charge is 0.383 e. The van der Waals surface area contributed by atoms with Crippen molar-refractivity contribution in [3.63, 3.8) is 0 Å². The lowest BCUT2D eigenvalue weighted by Gasteiger charge is -2.11. The Morgan fingerprint density at radius 1 is 1.13 bits per heavy atom. The number of hydrogen-bond donors (Lipinski definition) is 1. The smallest absolute Gasteiger partial charge is 0.183 e. The Morgan fingerprint density at radius 2 is 1.74 bits per heavy atom. The zero-order valence-corrected chi connectivity index (χ0v) is 15.0. The lowest BCUT2D eigenvalue weighted by Crippen LogP contribution is -2.35. The predicted molar refractivity (Wildman–Crippen MR) is 93.1 cm³/mol. The zero-order valence-electron chi connectivity index (χ0n) is 12.6. The Kier molecular flexibility index (Phi) is 4.35. The monoisotopic (exact) mass is 395 g/mol. The third kappa shape index (κ3) is 2.85. The first-order valence-electron chi connectivity index (χ1n) is 7.23. The highest BCUT2D eigenvalue weighted by Crippen LogP contribution is 2.55. The standard InChI is InChI=1S/C17H18BrNO3S/c1-22-11-17(19)15(12-7-9-13(18)10-8-12)16(17)23(20,21)14-5-3-2-4-6-14/h2-10,15-16H,11,19H2,1H3/t15-,16-,17+/m0/s1. The first kappa shape index (κ1) is 16.6. The summed E-state index contributed by atoms with van der Waals surface area (Å²) < 4.78 is 32.1. The number of hydrogen-bond acceptors (Lipinski definition) is 4. The summed E-state index contributed by atoms with van der Waals surface area (Å²) in [5, 5.41) is -0.682. The summed E-state index contributed by atoms with van der Waals surface area (Å²) in [6.45, 7) is 0.199. The van der Waals surface area contributed by atoms with Crippen LogP contribution in [0.3, 0.4) is 0 Å². The molecule has 1 fully saturated rings. The van der Waals surface area contributed by atoms with Gasteiger partial charge in [0.25, 0.3) is 0 Å². The molecule has 0 aromatic heterocycles. The lowest BCUT2D eigenvalue weighted by atomic mass is 10.1. The Hall–Kier alpha value is -1.21. The summed E-state index contributed by atoms with van der Waals surface area (Å²) in [4.78, 5) is 0.301. The SMILES string of the molecule is COC[C@@]1(N)[C@@H](c2ccc(Br)cc2)[C@@H]1S(=O)(=O)c1ccccc1. The van der Waals surface area contributed by atoms with Gasteiger partial charge in [0.05, 0.1) is 22.3 Å². The van der Waals surface area contributed by atoms with E-state index >= 15 is 0 Å². The molecule has 1 saturated carbocycles. The highest BCUT2D eigenvalue weighted by molar-refractivity contribution is 9.10. The minimum atomic E-state index is -3.52. The van der Waals surface area contributed by atoms with Crippen molar-refractivity contribution in [1.29, 1.82) is 0 Å². The number of sulfone groups is 1. The van der Waals surface area contributed by atoms with Gasteiger partial charge in [-0.3, -0.25) is 0 Å². The molecule has 3 atom stereocenters. The van der Waals surface area contributed by atoms with Crippen LogP contribution in [0, 0.1) is 0 Å². The van der Waals surface area contributed by atoms with E-state index in [2.05, 4.69) is 15.9 Å². The van der Waals surface area contributed by atoms with Crippen molar-refractivity contribution in [3.05, 3.63) is 64.6 Å². The topological polar surface area (TPSA) is 69.4 Å². The van der Waals surface area contributed by atoms with Crippen molar-refractivity contribution in [2.45, 2.75) is 21.6 Å². The second kappa shape index (κ2) is 6.02. The molecule has 0 heterocycles. The van der Waals surface area contributed by atoms with E-state index in [9.17, 15) is 8.42 Å². The third-order valence-corrected chi connectivity index (χ3v) is 7.17. The number of rotatable bonds is 5. The van der Waals surface area contributed by atoms with Gasteiger partial charge in [0.2, 0.25) is 0 Å². The van der Waals surface area contributed by atoms with Gasteiger partial charge in [0.1, 0.15) is 0 Å². The molecular formula is C17H18BrNO3S. The van der Waals surface area contributed by atoms with Crippen LogP contribution in [-0.2, 0) is 14.6 Å². The van der Waals surface area contributed by atoms with E-state index in [0.717, 1.165) is 10.0 Å². The maximum atomic E-state index is 13.0. The van der Waals surface area contributed by atoms with E-state index < -0.39 is 20.6 Å². The second-order valence-electron chi connectivity index (χ2n) is 5.85. The highest BCUT2D eigenvalue weighted by Gasteiger charge is 2.69. The first-order valence-corrected chi connectivity index (χ1v) is 9.57. The summed E-state index contributed by atoms with van der Waals surface area (Å²) in [5.74, 6) is -0.277. The van der Waals surface area contributed by atoms with E-state index in [4.69, 9.17) is 10.5 Å². The van der Waals surface area contributed by atoms with Gasteiger partial charge in [-0.1, -0.05) is 46.3 Å². The molecule has 2 aromatic carbocycles. The van der Waals surface area contributed by atoms with Crippen LogP contribution in [-0.4, -0.2) is 32.9 Å². The van der Waals surface area contributed by atoms with Gasteiger partial charge in [-0.15, -0.1) is 0 Å². The Labute approximate surface area is 144 Å². The molecule has 0 spiro atoms. The predicted octanol–water partition coefficient (Wildman–Crippen LogP) is 2.73. The quantitative estimate of drug-likeness (QED) is 0.844. The number of nitrogens with two attached hydrogens (primary N) is 1. The molecule has 0 bridgehead atoms. The summed E-state index contributed by atoms with van der Waals surface area (Å²) in [5.41, 5.74) is 6.43. The van der Waals surface area contributed by atoms with Crippen LogP contribution in [0.15, 0.2) is 64.0 Å². The molecule has 122 valence electrons. The maximum Gasteiger partial charge on any atom is 0.183 e. The van der Waals surface area contributed by atoms with Crippen LogP contribution in [0.25, 0.3) is 0 Å². The Balaban J connectivity index is 2.01. The van der Waals surface area contributed by atoms with Crippen LogP contribution < -0.4 is 5.73 Å². The molecule has 0 amide bonds. The van der Waals surface area contributed by atoms with E-state index in [1.54, 1.807) is 30.3 Å². The number of methoxy groups -OCH3 is 1. The average Bonchev–Trinajstić information content (AvgIpc) is 3.15. The van der Waals surface area contributed by atoms with Gasteiger partial charge in [0.15, 0.2) is 9.84 Å². The molecule has 0 radical (unpaired) electrons. The molecular weight excluding hydrogens is 378 g/mol. The van der Waals surface area contributed by atoms with Gasteiger partial charge in [-0.25, -0.2) is 8.42 Å². The summed E-state index contributed by atoms with van der Waals surface area (Å²) in [6, 6.07) is 16.1. The Morgan fingerprint density at radius 3 is 2.30 bits per heavy atom. The van der Waals surface area contributed by atoms with Gasteiger partial charge in [-0.2, -0.15) is 0 Å². The molecule has 0 unspecified atom stereocenters. The van der Waals surface area contributed by atoms with Gasteiger partial charge in [0, 0.05) is 17.5 Å². The normalized spacial score (nSPS) is 26.9. The molecule has 2 aromatic rings. The summed E-state index contributed by atoms with van der Waals surface area (Å²) in [6.07, 6.45) is 0. The molecule has 2 N–H and O–H groups in total. The van der Waals surface area contributed by atoms with E-state index in [-0.39, 0.29) is 12.5 Å². The summed E-state index contributed by atoms with van der Waals surface area (Å²) >= 11 is 3.39. The van der Waals surface area contributed by atoms with Crippen molar-refractivity contribution >= 4 is 25.8 Å². The van der Waals surface area contributed by atoms with E-state index in [1.165, 1.54) is 7.11 Å². The van der Waals surface area contributed by atoms with Crippen LogP contribution >= 0.6 is 15.9 Å². The molecule has 1 aliphatic carbocycles. The fraction of sp³-hybridized carbons (Fsp3) is 0.294. The fourth-order valence-electron chi connectivity index (χ4n) is 3.22. The van der Waals surface area contributed by atoms with Crippen LogP contribution in [0.2, 0.25) is 0 Å².